The number of β-amino-alcohol motifs (C(OH)–C–C–N with tert-alkyl or cyclic N) is 1. The van der Waals surface area contributed by atoms with Crippen molar-refractivity contribution in [3.8, 4) is 0 Å². The highest BCUT2D eigenvalue weighted by molar-refractivity contribution is 7.16. The number of aliphatic hydroxyl groups excluding tert-OH is 1. The number of benzene rings is 2. The van der Waals surface area contributed by atoms with Crippen molar-refractivity contribution in [1.82, 2.24) is 9.47 Å². The van der Waals surface area contributed by atoms with Crippen molar-refractivity contribution in [1.29, 1.82) is 0 Å². The fraction of sp³-hybridized carbons (Fsp3) is 0.409. The summed E-state index contributed by atoms with van der Waals surface area (Å²) in [5.41, 5.74) is 1.29. The molecule has 4 rings (SSSR count). The number of rotatable bonds is 5. The lowest BCUT2D eigenvalue weighted by molar-refractivity contribution is 0.0845. The Labute approximate surface area is 183 Å². The molecule has 2 heterocycles. The van der Waals surface area contributed by atoms with Gasteiger partial charge in [-0.25, -0.2) is 8.78 Å². The Morgan fingerprint density at radius 3 is 2.67 bits per heavy atom. The van der Waals surface area contributed by atoms with Crippen LogP contribution in [-0.4, -0.2) is 41.3 Å². The first-order valence-electron chi connectivity index (χ1n) is 10.0. The molecule has 0 spiro atoms. The van der Waals surface area contributed by atoms with E-state index < -0.39 is 17.7 Å². The van der Waals surface area contributed by atoms with E-state index in [0.717, 1.165) is 58.6 Å². The molecule has 1 aromatic heterocycles. The Morgan fingerprint density at radius 1 is 1.20 bits per heavy atom. The normalized spacial score (nSPS) is 17.7. The molecule has 0 aliphatic carbocycles. The summed E-state index contributed by atoms with van der Waals surface area (Å²) in [5.74, 6) is -0.836. The van der Waals surface area contributed by atoms with Crippen LogP contribution in [0.25, 0.3) is 10.2 Å². The molecule has 0 saturated carbocycles. The van der Waals surface area contributed by atoms with Gasteiger partial charge in [-0.3, -0.25) is 4.99 Å². The van der Waals surface area contributed by atoms with Gasteiger partial charge in [0.25, 0.3) is 0 Å². The van der Waals surface area contributed by atoms with E-state index in [0.29, 0.717) is 12.5 Å². The number of hydrogen-bond acceptors (Lipinski definition) is 4. The van der Waals surface area contributed by atoms with Crippen LogP contribution >= 0.6 is 22.9 Å². The van der Waals surface area contributed by atoms with Crippen molar-refractivity contribution in [3.05, 3.63) is 63.4 Å². The second-order valence-corrected chi connectivity index (χ2v) is 9.20. The van der Waals surface area contributed by atoms with Crippen LogP contribution < -0.4 is 4.80 Å². The van der Waals surface area contributed by atoms with E-state index in [4.69, 9.17) is 11.6 Å². The molecule has 1 aliphatic rings. The number of piperidine rings is 1. The molecule has 1 fully saturated rings. The van der Waals surface area contributed by atoms with Gasteiger partial charge in [0.2, 0.25) is 0 Å². The van der Waals surface area contributed by atoms with Crippen LogP contribution in [0.15, 0.2) is 41.4 Å². The number of nitrogens with zero attached hydrogens (tertiary/aromatic N) is 3. The van der Waals surface area contributed by atoms with Crippen molar-refractivity contribution in [2.24, 2.45) is 10.9 Å². The Hall–Kier alpha value is -1.80. The van der Waals surface area contributed by atoms with Crippen LogP contribution in [0.4, 0.5) is 8.78 Å². The van der Waals surface area contributed by atoms with E-state index in [1.165, 1.54) is 12.1 Å². The van der Waals surface area contributed by atoms with Crippen molar-refractivity contribution < 1.29 is 13.9 Å². The lowest BCUT2D eigenvalue weighted by atomic mass is 9.96. The molecule has 0 unspecified atom stereocenters. The number of aromatic nitrogens is 1. The van der Waals surface area contributed by atoms with Crippen LogP contribution in [0.5, 0.6) is 0 Å². The van der Waals surface area contributed by atoms with Gasteiger partial charge in [-0.05, 0) is 56.1 Å². The molecule has 0 radical (unpaired) electrons. The molecule has 0 amide bonds. The van der Waals surface area contributed by atoms with Crippen molar-refractivity contribution in [2.75, 3.05) is 26.7 Å². The molecule has 2 aromatic carbocycles. The average Bonchev–Trinajstić information content (AvgIpc) is 3.05. The third-order valence-electron chi connectivity index (χ3n) is 5.74. The smallest absolute Gasteiger partial charge is 0.185 e. The first kappa shape index (κ1) is 21.4. The quantitative estimate of drug-likeness (QED) is 0.615. The third kappa shape index (κ3) is 4.59. The fourth-order valence-electron chi connectivity index (χ4n) is 4.12. The Balaban J connectivity index is 1.39. The average molecular weight is 452 g/mol. The number of fused-ring (bicyclic) bond motifs is 1. The Kier molecular flexibility index (Phi) is 6.53. The minimum atomic E-state index is -0.965. The summed E-state index contributed by atoms with van der Waals surface area (Å²) in [4.78, 5) is 7.57. The van der Waals surface area contributed by atoms with E-state index in [-0.39, 0.29) is 5.56 Å². The summed E-state index contributed by atoms with van der Waals surface area (Å²) in [5, 5.41) is 11.1. The summed E-state index contributed by atoms with van der Waals surface area (Å²) in [7, 11) is 1.81. The number of aliphatic hydroxyl groups is 1. The van der Waals surface area contributed by atoms with Crippen LogP contribution in [0.3, 0.4) is 0 Å². The van der Waals surface area contributed by atoms with E-state index >= 15 is 0 Å². The van der Waals surface area contributed by atoms with Crippen LogP contribution in [0.2, 0.25) is 5.02 Å². The Bertz CT molecular complexity index is 1110. The topological polar surface area (TPSA) is 40.8 Å². The van der Waals surface area contributed by atoms with Gasteiger partial charge in [0.15, 0.2) is 4.80 Å². The molecular formula is C22H24ClF2N3OS. The first-order valence-corrected chi connectivity index (χ1v) is 11.2. The molecule has 30 heavy (non-hydrogen) atoms. The highest BCUT2D eigenvalue weighted by Crippen LogP contribution is 2.26. The second-order valence-electron chi connectivity index (χ2n) is 7.76. The van der Waals surface area contributed by atoms with Crippen LogP contribution in [0, 0.1) is 17.6 Å². The molecule has 1 atom stereocenters. The standard InChI is InChI=1S/C22H24ClF2N3OS/c1-26-22-28(19-5-2-15(23)10-21(19)30-22)12-14-6-8-27(9-7-14)13-20(29)17-4-3-16(24)11-18(17)25/h2-5,10-11,14,20,29H,6-9,12-13H2,1H3/t20-/m0/s1. The van der Waals surface area contributed by atoms with Gasteiger partial charge in [-0.1, -0.05) is 29.0 Å². The largest absolute Gasteiger partial charge is 0.387 e. The van der Waals surface area contributed by atoms with E-state index in [2.05, 4.69) is 14.5 Å². The van der Waals surface area contributed by atoms with Gasteiger partial charge in [0.05, 0.1) is 16.3 Å². The molecule has 1 aliphatic heterocycles. The number of likely N-dealkylation sites (tertiary alicyclic amines) is 1. The molecule has 0 bridgehead atoms. The number of halogens is 3. The van der Waals surface area contributed by atoms with Gasteiger partial charge in [0, 0.05) is 36.8 Å². The van der Waals surface area contributed by atoms with Gasteiger partial charge in [-0.2, -0.15) is 0 Å². The predicted octanol–water partition coefficient (Wildman–Crippen LogP) is 4.61. The third-order valence-corrected chi connectivity index (χ3v) is 7.10. The molecule has 4 nitrogen and oxygen atoms in total. The number of thiazole rings is 1. The zero-order chi connectivity index (χ0) is 21.3. The van der Waals surface area contributed by atoms with Gasteiger partial charge >= 0.3 is 0 Å². The highest BCUT2D eigenvalue weighted by Gasteiger charge is 2.24. The fourth-order valence-corrected chi connectivity index (χ4v) is 5.39. The van der Waals surface area contributed by atoms with Crippen molar-refractivity contribution in [3.63, 3.8) is 0 Å². The lowest BCUT2D eigenvalue weighted by Crippen LogP contribution is -2.38. The predicted molar refractivity (Wildman–Crippen MR) is 117 cm³/mol. The lowest BCUT2D eigenvalue weighted by Gasteiger charge is -2.33. The molecule has 160 valence electrons. The summed E-state index contributed by atoms with van der Waals surface area (Å²) >= 11 is 7.78. The van der Waals surface area contributed by atoms with E-state index in [9.17, 15) is 13.9 Å². The molecule has 8 heteroatoms. The van der Waals surface area contributed by atoms with E-state index in [1.54, 1.807) is 18.4 Å². The first-order chi connectivity index (χ1) is 14.4. The SMILES string of the molecule is CN=c1sc2cc(Cl)ccc2n1CC1CCN(C[C@H](O)c2ccc(F)cc2F)CC1. The zero-order valence-corrected chi connectivity index (χ0v) is 18.3. The molecule has 3 aromatic rings. The highest BCUT2D eigenvalue weighted by atomic mass is 35.5. The Morgan fingerprint density at radius 2 is 1.97 bits per heavy atom. The van der Waals surface area contributed by atoms with Crippen molar-refractivity contribution >= 4 is 33.2 Å². The van der Waals surface area contributed by atoms with Crippen molar-refractivity contribution in [2.45, 2.75) is 25.5 Å². The van der Waals surface area contributed by atoms with E-state index in [1.807, 2.05) is 18.2 Å². The summed E-state index contributed by atoms with van der Waals surface area (Å²) in [6, 6.07) is 9.25. The molecule has 1 saturated heterocycles. The van der Waals surface area contributed by atoms with Gasteiger partial charge in [-0.15, -0.1) is 0 Å². The van der Waals surface area contributed by atoms with Crippen LogP contribution in [0.1, 0.15) is 24.5 Å². The maximum atomic E-state index is 13.9. The zero-order valence-electron chi connectivity index (χ0n) is 16.7. The maximum Gasteiger partial charge on any atom is 0.185 e. The van der Waals surface area contributed by atoms with Gasteiger partial charge in [0.1, 0.15) is 11.6 Å². The number of hydrogen-bond donors (Lipinski definition) is 1. The summed E-state index contributed by atoms with van der Waals surface area (Å²) < 4.78 is 30.4. The van der Waals surface area contributed by atoms with Crippen LogP contribution in [-0.2, 0) is 6.54 Å². The molecule has 1 N–H and O–H groups in total. The van der Waals surface area contributed by atoms with Gasteiger partial charge < -0.3 is 14.6 Å². The second kappa shape index (κ2) is 9.14. The molecular weight excluding hydrogens is 428 g/mol. The maximum absolute atomic E-state index is 13.9. The monoisotopic (exact) mass is 451 g/mol. The summed E-state index contributed by atoms with van der Waals surface area (Å²) in [6.07, 6.45) is 1.01. The minimum Gasteiger partial charge on any atom is -0.387 e. The summed E-state index contributed by atoms with van der Waals surface area (Å²) in [6.45, 7) is 2.89. The minimum absolute atomic E-state index is 0.145.